The first-order valence-electron chi connectivity index (χ1n) is 21.9. The number of anilines is 2. The van der Waals surface area contributed by atoms with Crippen LogP contribution in [0.4, 0.5) is 11.5 Å². The third kappa shape index (κ3) is 10.4. The summed E-state index contributed by atoms with van der Waals surface area (Å²) in [6.45, 7) is 4.61. The molecule has 6 aromatic rings. The zero-order chi connectivity index (χ0) is 44.7. The number of carbonyl (C=O) groups is 1. The Morgan fingerprint density at radius 2 is 1.68 bits per heavy atom. The smallest absolute Gasteiger partial charge is 0.200 e. The number of phenols is 4. The molecule has 2 heterocycles. The molecule has 0 aliphatic heterocycles. The molecule has 5 atom stereocenters. The molecular formula is C51H59N3O9. The van der Waals surface area contributed by atoms with Crippen molar-refractivity contribution in [2.24, 2.45) is 17.8 Å². The Labute approximate surface area is 368 Å². The largest absolute Gasteiger partial charge is 0.508 e. The normalized spacial score (nSPS) is 18.4. The van der Waals surface area contributed by atoms with Crippen molar-refractivity contribution >= 4 is 28.1 Å². The average molecular weight is 858 g/mol. The number of aromatic nitrogens is 2. The molecule has 63 heavy (non-hydrogen) atoms. The highest BCUT2D eigenvalue weighted by Gasteiger charge is 2.57. The van der Waals surface area contributed by atoms with E-state index < -0.39 is 29.5 Å². The van der Waals surface area contributed by atoms with E-state index in [1.807, 2.05) is 54.7 Å². The Morgan fingerprint density at radius 3 is 2.46 bits per heavy atom. The van der Waals surface area contributed by atoms with Gasteiger partial charge in [-0.2, -0.15) is 0 Å². The van der Waals surface area contributed by atoms with Crippen LogP contribution in [-0.4, -0.2) is 72.3 Å². The van der Waals surface area contributed by atoms with Crippen LogP contribution >= 0.6 is 0 Å². The summed E-state index contributed by atoms with van der Waals surface area (Å²) in [4.78, 5) is 23.2. The number of pyridine rings is 1. The molecule has 0 spiro atoms. The van der Waals surface area contributed by atoms with E-state index in [-0.39, 0.29) is 53.8 Å². The van der Waals surface area contributed by atoms with Gasteiger partial charge in [0.05, 0.1) is 31.8 Å². The lowest BCUT2D eigenvalue weighted by molar-refractivity contribution is -0.132. The lowest BCUT2D eigenvalue weighted by Crippen LogP contribution is -2.51. The van der Waals surface area contributed by atoms with Crippen molar-refractivity contribution in [2.75, 3.05) is 19.0 Å². The highest BCUT2D eigenvalue weighted by molar-refractivity contribution is 5.87. The van der Waals surface area contributed by atoms with Crippen molar-refractivity contribution in [3.63, 3.8) is 0 Å². The second-order valence-corrected chi connectivity index (χ2v) is 17.4. The Balaban J connectivity index is 1.27. The number of phenolic OH excluding ortho intramolecular Hbond substituents is 4. The Morgan fingerprint density at radius 1 is 0.889 bits per heavy atom. The minimum absolute atomic E-state index is 0.00428. The van der Waals surface area contributed by atoms with Crippen LogP contribution in [0, 0.1) is 17.8 Å². The highest BCUT2D eigenvalue weighted by atomic mass is 16.5. The van der Waals surface area contributed by atoms with Gasteiger partial charge in [0.1, 0.15) is 17.4 Å². The predicted octanol–water partition coefficient (Wildman–Crippen LogP) is 9.02. The summed E-state index contributed by atoms with van der Waals surface area (Å²) in [6, 6.07) is 26.7. The molecule has 1 aliphatic carbocycles. The Kier molecular flexibility index (Phi) is 14.1. The maximum atomic E-state index is 15.3. The number of rotatable bonds is 20. The van der Waals surface area contributed by atoms with E-state index in [0.29, 0.717) is 55.3 Å². The molecule has 1 fully saturated rings. The van der Waals surface area contributed by atoms with Crippen LogP contribution in [0.25, 0.3) is 10.8 Å². The number of hydrogen-bond donors (Lipinski definition) is 8. The van der Waals surface area contributed by atoms with Crippen LogP contribution in [-0.2, 0) is 29.5 Å². The summed E-state index contributed by atoms with van der Waals surface area (Å²) < 4.78 is 11.3. The van der Waals surface area contributed by atoms with E-state index >= 15 is 4.79 Å². The van der Waals surface area contributed by atoms with Crippen LogP contribution in [0.2, 0.25) is 0 Å². The summed E-state index contributed by atoms with van der Waals surface area (Å²) in [5.41, 5.74) is 2.72. The molecule has 0 radical (unpaired) electrons. The molecular weight excluding hydrogens is 799 g/mol. The lowest BCUT2D eigenvalue weighted by Gasteiger charge is -2.45. The van der Waals surface area contributed by atoms with E-state index in [2.05, 4.69) is 29.1 Å². The van der Waals surface area contributed by atoms with Gasteiger partial charge < -0.3 is 50.4 Å². The second-order valence-electron chi connectivity index (χ2n) is 17.4. The number of benzene rings is 4. The summed E-state index contributed by atoms with van der Waals surface area (Å²) in [5.74, 6) is -0.795. The third-order valence-electron chi connectivity index (χ3n) is 12.7. The van der Waals surface area contributed by atoms with Crippen molar-refractivity contribution in [2.45, 2.75) is 89.3 Å². The molecule has 0 unspecified atom stereocenters. The highest BCUT2D eigenvalue weighted by Crippen LogP contribution is 2.54. The molecule has 12 nitrogen and oxygen atoms in total. The third-order valence-corrected chi connectivity index (χ3v) is 12.7. The van der Waals surface area contributed by atoms with Gasteiger partial charge in [-0.3, -0.25) is 4.79 Å². The number of hydrogen-bond acceptors (Lipinski definition) is 11. The number of aryl methyl sites for hydroxylation is 2. The quantitative estimate of drug-likeness (QED) is 0.0269. The van der Waals surface area contributed by atoms with Crippen molar-refractivity contribution in [1.82, 2.24) is 9.97 Å². The monoisotopic (exact) mass is 857 g/mol. The molecule has 2 aromatic heterocycles. The van der Waals surface area contributed by atoms with Gasteiger partial charge in [-0.15, -0.1) is 0 Å². The SMILES string of the molecule is COc1cc(CC[C@@H](O)[C@H](C(=O)CCc2cc(O)c(O)c(OCCCC(C)C)c2)[C@@]2(c3ccnc(Nc4ccc5cc(O)ccc5c4)c3)CC[C@@H](O)[C@H]2Cc2ccc[nH]2)ccc1O. The van der Waals surface area contributed by atoms with Crippen molar-refractivity contribution in [3.05, 3.63) is 126 Å². The number of aliphatic hydroxyl groups excluding tert-OH is 2. The van der Waals surface area contributed by atoms with E-state index in [4.69, 9.17) is 9.47 Å². The van der Waals surface area contributed by atoms with Crippen LogP contribution < -0.4 is 14.8 Å². The molecule has 0 bridgehead atoms. The van der Waals surface area contributed by atoms with Gasteiger partial charge >= 0.3 is 0 Å². The zero-order valence-electron chi connectivity index (χ0n) is 36.1. The fourth-order valence-corrected chi connectivity index (χ4v) is 9.54. The number of aromatic amines is 1. The van der Waals surface area contributed by atoms with Gasteiger partial charge in [0, 0.05) is 41.5 Å². The molecule has 1 saturated carbocycles. The van der Waals surface area contributed by atoms with Gasteiger partial charge in [0.15, 0.2) is 23.0 Å². The van der Waals surface area contributed by atoms with Crippen molar-refractivity contribution < 1.29 is 44.9 Å². The molecule has 8 N–H and O–H groups in total. The molecule has 4 aromatic carbocycles. The number of aromatic hydroxyl groups is 4. The van der Waals surface area contributed by atoms with E-state index in [9.17, 15) is 30.6 Å². The Hall–Kier alpha value is -6.24. The number of methoxy groups -OCH3 is 1. The lowest BCUT2D eigenvalue weighted by atomic mass is 9.58. The molecule has 7 rings (SSSR count). The standard InChI is InChI=1S/C51H59N3O9/c1-31(2)6-5-23-63-47-26-33(24-45(60)50(47)61)10-17-44(59)49(43(58)16-9-32-8-15-42(57)46(25-32)62-3)51(20-18-41(56)40(51)30-37-7-4-21-52-37)36-19-22-53-48(29-36)54-38-13-11-35-28-39(55)14-12-34(35)27-38/h4,7-8,11-15,19,21-22,24-29,31,40-41,43,49,52,55-58,60-61H,5-6,9-10,16-18,20,23,30H2,1-3H3,(H,53,54)/t40-,41-,43-,49-,51-/m1/s1. The summed E-state index contributed by atoms with van der Waals surface area (Å²) in [7, 11) is 1.47. The minimum Gasteiger partial charge on any atom is -0.508 e. The van der Waals surface area contributed by atoms with Gasteiger partial charge in [0.25, 0.3) is 0 Å². The van der Waals surface area contributed by atoms with Crippen LogP contribution in [0.1, 0.15) is 74.8 Å². The number of carbonyl (C=O) groups excluding carboxylic acids is 1. The first-order valence-corrected chi connectivity index (χ1v) is 21.9. The van der Waals surface area contributed by atoms with Crippen LogP contribution in [0.3, 0.4) is 0 Å². The van der Waals surface area contributed by atoms with Crippen molar-refractivity contribution in [1.29, 1.82) is 0 Å². The summed E-state index contributed by atoms with van der Waals surface area (Å²) >= 11 is 0. The molecule has 0 saturated heterocycles. The fourth-order valence-electron chi connectivity index (χ4n) is 9.54. The number of ketones is 1. The maximum absolute atomic E-state index is 15.3. The first kappa shape index (κ1) is 44.8. The predicted molar refractivity (Wildman–Crippen MR) is 243 cm³/mol. The fraction of sp³-hybridized carbons (Fsp3) is 0.373. The number of nitrogens with one attached hydrogen (secondary N) is 2. The molecule has 332 valence electrons. The summed E-state index contributed by atoms with van der Waals surface area (Å²) in [5, 5.41) is 71.5. The Bertz CT molecular complexity index is 2490. The second kappa shape index (κ2) is 19.9. The number of fused-ring (bicyclic) bond motifs is 1. The van der Waals surface area contributed by atoms with Gasteiger partial charge in [0.2, 0.25) is 5.75 Å². The zero-order valence-corrected chi connectivity index (χ0v) is 36.1. The van der Waals surface area contributed by atoms with Gasteiger partial charge in [-0.1, -0.05) is 32.0 Å². The van der Waals surface area contributed by atoms with E-state index in [0.717, 1.165) is 46.1 Å². The number of nitrogens with zero attached hydrogens (tertiary/aromatic N) is 1. The van der Waals surface area contributed by atoms with Crippen molar-refractivity contribution in [3.8, 4) is 34.5 Å². The van der Waals surface area contributed by atoms with Crippen LogP contribution in [0.15, 0.2) is 103 Å². The molecule has 0 amide bonds. The number of ether oxygens (including phenoxy) is 2. The van der Waals surface area contributed by atoms with E-state index in [1.54, 1.807) is 42.6 Å². The number of aliphatic hydroxyl groups is 2. The molecule has 1 aliphatic rings. The number of Topliss-reactive ketones (excluding diaryl/α,β-unsaturated/α-hetero) is 1. The number of H-pyrrole nitrogens is 1. The van der Waals surface area contributed by atoms with E-state index in [1.165, 1.54) is 13.2 Å². The molecule has 12 heteroatoms. The van der Waals surface area contributed by atoms with Gasteiger partial charge in [-0.05, 0) is 158 Å². The average Bonchev–Trinajstić information content (AvgIpc) is 3.91. The topological polar surface area (TPSA) is 198 Å². The summed E-state index contributed by atoms with van der Waals surface area (Å²) in [6.07, 6.45) is 5.19. The maximum Gasteiger partial charge on any atom is 0.200 e. The first-order chi connectivity index (χ1) is 30.3. The van der Waals surface area contributed by atoms with Gasteiger partial charge in [-0.25, -0.2) is 4.98 Å². The van der Waals surface area contributed by atoms with Crippen LogP contribution in [0.5, 0.6) is 34.5 Å². The minimum atomic E-state index is -1.18.